The number of hydrogen-bond donors (Lipinski definition) is 0. The summed E-state index contributed by atoms with van der Waals surface area (Å²) in [5.41, 5.74) is 16.7. The lowest BCUT2D eigenvalue weighted by atomic mass is 9.58. The average molecular weight is 883 g/mol. The molecule has 4 fully saturated rings. The van der Waals surface area contributed by atoms with Crippen LogP contribution in [0.15, 0.2) is 107 Å². The Hall–Kier alpha value is -3.88. The number of rotatable bonds is 4. The second-order valence-electron chi connectivity index (χ2n) is 24.4. The number of benzene rings is 2. The SMILES string of the molecule is C[C@]12CC=C3C=C4CC[C@@H]([N+](C)(C)[O-])C[C@]45CC[C@]3(O5)[C@@H]1CC=C2c1ccc2c(c1)C=CC2.C[C@]12CC=C3C=C4CC[C@H]([N+](C)(C)[O-])C[C@]45CC[C@]3(O5)[C@@H]1CC=C2c1ccc2c(c1)C=CC2. The normalized spacial score (nSPS) is 40.4. The Morgan fingerprint density at radius 1 is 0.576 bits per heavy atom. The van der Waals surface area contributed by atoms with E-state index in [1.165, 1.54) is 66.8 Å². The molecule has 0 radical (unpaired) electrons. The fraction of sp³-hybridized carbons (Fsp3) is 0.533. The van der Waals surface area contributed by atoms with E-state index in [-0.39, 0.29) is 54.6 Å². The van der Waals surface area contributed by atoms with Crippen molar-refractivity contribution in [3.63, 3.8) is 0 Å². The van der Waals surface area contributed by atoms with Crippen LogP contribution in [0, 0.1) is 33.1 Å². The van der Waals surface area contributed by atoms with E-state index >= 15 is 0 Å². The number of nitrogens with zero attached hydrogens (tertiary/aromatic N) is 2. The Balaban J connectivity index is 0.000000132. The maximum absolute atomic E-state index is 12.8. The first kappa shape index (κ1) is 42.2. The third kappa shape index (κ3) is 5.81. The topological polar surface area (TPSA) is 64.6 Å². The maximum atomic E-state index is 12.8. The number of hydroxylamine groups is 6. The van der Waals surface area contributed by atoms with Crippen molar-refractivity contribution < 1.29 is 18.8 Å². The van der Waals surface area contributed by atoms with Crippen LogP contribution in [0.5, 0.6) is 0 Å². The molecule has 0 unspecified atom stereocenters. The maximum Gasteiger partial charge on any atom is 0.0980 e. The quantitative estimate of drug-likeness (QED) is 0.227. The molecule has 4 bridgehead atoms. The van der Waals surface area contributed by atoms with Gasteiger partial charge in [-0.25, -0.2) is 0 Å². The van der Waals surface area contributed by atoms with Gasteiger partial charge in [-0.1, -0.05) is 98.9 Å². The molecule has 6 heteroatoms. The van der Waals surface area contributed by atoms with E-state index in [1.807, 2.05) is 28.2 Å². The van der Waals surface area contributed by atoms with Gasteiger partial charge >= 0.3 is 0 Å². The summed E-state index contributed by atoms with van der Waals surface area (Å²) in [6.07, 6.45) is 40.7. The second kappa shape index (κ2) is 13.9. The Labute approximate surface area is 393 Å². The molecule has 2 aromatic carbocycles. The van der Waals surface area contributed by atoms with E-state index in [2.05, 4.69) is 111 Å². The summed E-state index contributed by atoms with van der Waals surface area (Å²) in [5.74, 6) is 0.937. The van der Waals surface area contributed by atoms with Gasteiger partial charge < -0.3 is 29.2 Å². The van der Waals surface area contributed by atoms with Crippen LogP contribution in [0.2, 0.25) is 0 Å². The molecule has 4 aliphatic heterocycles. The molecule has 344 valence electrons. The van der Waals surface area contributed by atoms with Gasteiger partial charge in [-0.2, -0.15) is 0 Å². The molecular formula is C60H70N2O4. The van der Waals surface area contributed by atoms with Gasteiger partial charge in [-0.3, -0.25) is 0 Å². The van der Waals surface area contributed by atoms with Gasteiger partial charge in [-0.05, 0) is 156 Å². The number of fused-ring (bicyclic) bond motifs is 4. The molecule has 0 amide bonds. The van der Waals surface area contributed by atoms with Crippen LogP contribution < -0.4 is 0 Å². The zero-order valence-electron chi connectivity index (χ0n) is 40.4. The van der Waals surface area contributed by atoms with Crippen molar-refractivity contribution in [2.24, 2.45) is 22.7 Å². The molecular weight excluding hydrogens is 813 g/mol. The molecule has 4 heterocycles. The minimum atomic E-state index is -0.209. The number of hydrogen-bond acceptors (Lipinski definition) is 4. The number of quaternary nitrogens is 2. The summed E-state index contributed by atoms with van der Waals surface area (Å²) in [4.78, 5) is 0. The summed E-state index contributed by atoms with van der Waals surface area (Å²) >= 11 is 0. The van der Waals surface area contributed by atoms with Crippen LogP contribution in [0.1, 0.15) is 137 Å². The fourth-order valence-electron chi connectivity index (χ4n) is 16.7. The minimum Gasteiger partial charge on any atom is -0.633 e. The zero-order valence-corrected chi connectivity index (χ0v) is 40.4. The molecule has 2 aromatic rings. The van der Waals surface area contributed by atoms with E-state index in [0.29, 0.717) is 11.8 Å². The van der Waals surface area contributed by atoms with Gasteiger partial charge in [0.25, 0.3) is 0 Å². The van der Waals surface area contributed by atoms with Gasteiger partial charge in [0, 0.05) is 48.3 Å². The van der Waals surface area contributed by atoms with Crippen molar-refractivity contribution in [3.8, 4) is 0 Å². The van der Waals surface area contributed by atoms with Gasteiger partial charge in [0.1, 0.15) is 0 Å². The first-order chi connectivity index (χ1) is 31.5. The van der Waals surface area contributed by atoms with Gasteiger partial charge in [0.15, 0.2) is 0 Å². The van der Waals surface area contributed by atoms with Crippen molar-refractivity contribution in [1.29, 1.82) is 0 Å². The lowest BCUT2D eigenvalue weighted by molar-refractivity contribution is -0.869. The van der Waals surface area contributed by atoms with Crippen LogP contribution in [0.4, 0.5) is 0 Å². The highest BCUT2D eigenvalue weighted by atomic mass is 16.6. The predicted octanol–water partition coefficient (Wildman–Crippen LogP) is 12.7. The van der Waals surface area contributed by atoms with E-state index in [4.69, 9.17) is 9.47 Å². The summed E-state index contributed by atoms with van der Waals surface area (Å²) in [6, 6.07) is 14.4. The summed E-state index contributed by atoms with van der Waals surface area (Å²) in [7, 11) is 7.24. The van der Waals surface area contributed by atoms with Crippen molar-refractivity contribution in [3.05, 3.63) is 151 Å². The Morgan fingerprint density at radius 2 is 1.02 bits per heavy atom. The molecule has 66 heavy (non-hydrogen) atoms. The van der Waals surface area contributed by atoms with Crippen molar-refractivity contribution >= 4 is 23.3 Å². The minimum absolute atomic E-state index is 0.0961. The van der Waals surface area contributed by atoms with Crippen molar-refractivity contribution in [2.75, 3.05) is 28.2 Å². The van der Waals surface area contributed by atoms with Crippen molar-refractivity contribution in [1.82, 2.24) is 0 Å². The predicted molar refractivity (Wildman–Crippen MR) is 266 cm³/mol. The van der Waals surface area contributed by atoms with E-state index in [9.17, 15) is 10.4 Å². The van der Waals surface area contributed by atoms with Crippen LogP contribution in [-0.2, 0) is 22.3 Å². The van der Waals surface area contributed by atoms with E-state index in [0.717, 1.165) is 103 Å². The third-order valence-corrected chi connectivity index (χ3v) is 20.4. The smallest absolute Gasteiger partial charge is 0.0980 e. The first-order valence-electron chi connectivity index (χ1n) is 25.8. The van der Waals surface area contributed by atoms with Crippen molar-refractivity contribution in [2.45, 2.75) is 151 Å². The van der Waals surface area contributed by atoms with Gasteiger partial charge in [-0.15, -0.1) is 0 Å². The Morgan fingerprint density at radius 3 is 1.44 bits per heavy atom. The fourth-order valence-corrected chi connectivity index (χ4v) is 16.7. The zero-order chi connectivity index (χ0) is 45.3. The summed E-state index contributed by atoms with van der Waals surface area (Å²) in [6.45, 7) is 4.97. The molecule has 6 nitrogen and oxygen atoms in total. The third-order valence-electron chi connectivity index (χ3n) is 20.4. The number of ether oxygens (including phenoxy) is 2. The summed E-state index contributed by atoms with van der Waals surface area (Å²) in [5, 5.41) is 25.7. The molecule has 14 rings (SSSR count). The van der Waals surface area contributed by atoms with Gasteiger partial charge in [0.2, 0.25) is 0 Å². The van der Waals surface area contributed by atoms with Crippen LogP contribution in [0.25, 0.3) is 23.3 Å². The lowest BCUT2D eigenvalue weighted by Gasteiger charge is -2.55. The highest BCUT2D eigenvalue weighted by Crippen LogP contribution is 2.70. The molecule has 10 atom stereocenters. The molecule has 0 N–H and O–H groups in total. The first-order valence-corrected chi connectivity index (χ1v) is 25.8. The largest absolute Gasteiger partial charge is 0.633 e. The standard InChI is InChI=1S/2C30H35NO2/c2*1-28-14-13-24-18-23-9-10-25(31(2,3)32)19-29(23)15-16-30(24,33-29)27(28)12-11-26(28)22-8-7-20-5-4-6-21(20)17-22/h2*4,6-8,11,13,17-18,25,27H,5,9-10,12,14-16,19H2,1-3H3/t25-,27+,28+,29+,30+;25-,27-,28-,29-,30-/m01/s1. The monoisotopic (exact) mass is 883 g/mol. The Kier molecular flexibility index (Phi) is 8.89. The highest BCUT2D eigenvalue weighted by Gasteiger charge is 2.67. The molecule has 12 aliphatic rings. The second-order valence-corrected chi connectivity index (χ2v) is 24.4. The number of allylic oxidation sites excluding steroid dienone is 8. The Bertz CT molecular complexity index is 2550. The molecule has 4 spiro atoms. The molecule has 2 saturated carbocycles. The van der Waals surface area contributed by atoms with Crippen LogP contribution in [-0.4, -0.2) is 72.0 Å². The average Bonchev–Trinajstić information content (AvgIpc) is 4.15. The van der Waals surface area contributed by atoms with Crippen LogP contribution in [0.3, 0.4) is 0 Å². The molecule has 8 aliphatic carbocycles. The molecule has 2 saturated heterocycles. The lowest BCUT2D eigenvalue weighted by Crippen LogP contribution is -2.56. The van der Waals surface area contributed by atoms with Gasteiger partial charge in [0.05, 0.1) is 62.7 Å². The highest BCUT2D eigenvalue weighted by molar-refractivity contribution is 5.79. The van der Waals surface area contributed by atoms with E-state index in [1.54, 1.807) is 0 Å². The van der Waals surface area contributed by atoms with E-state index < -0.39 is 0 Å². The molecule has 0 aromatic heterocycles. The summed E-state index contributed by atoms with van der Waals surface area (Å²) < 4.78 is 14.2. The van der Waals surface area contributed by atoms with Crippen LogP contribution >= 0.6 is 0 Å².